The first-order valence-corrected chi connectivity index (χ1v) is 6.15. The van der Waals surface area contributed by atoms with Crippen LogP contribution < -0.4 is 11.1 Å². The average Bonchev–Trinajstić information content (AvgIpc) is 2.34. The Morgan fingerprint density at radius 3 is 2.83 bits per heavy atom. The molecule has 0 aliphatic carbocycles. The van der Waals surface area contributed by atoms with E-state index in [0.29, 0.717) is 5.56 Å². The van der Waals surface area contributed by atoms with Crippen LogP contribution in [-0.4, -0.2) is 10.9 Å². The number of pyridine rings is 1. The van der Waals surface area contributed by atoms with Gasteiger partial charge < -0.3 is 11.1 Å². The molecule has 0 saturated heterocycles. The Morgan fingerprint density at radius 2 is 2.17 bits per heavy atom. The molecule has 0 aliphatic rings. The van der Waals surface area contributed by atoms with E-state index in [2.05, 4.69) is 26.2 Å². The molecule has 0 atom stereocenters. The molecule has 0 saturated carbocycles. The van der Waals surface area contributed by atoms with Crippen LogP contribution in [0.3, 0.4) is 0 Å². The highest BCUT2D eigenvalue weighted by Crippen LogP contribution is 2.20. The Morgan fingerprint density at radius 1 is 1.39 bits per heavy atom. The first-order valence-electron chi connectivity index (χ1n) is 5.36. The minimum atomic E-state index is -0.262. The summed E-state index contributed by atoms with van der Waals surface area (Å²) in [6.45, 7) is 1.96. The number of anilines is 2. The molecule has 3 N–H and O–H groups in total. The lowest BCUT2D eigenvalue weighted by Gasteiger charge is -2.08. The van der Waals surface area contributed by atoms with Gasteiger partial charge in [-0.15, -0.1) is 0 Å². The zero-order valence-corrected chi connectivity index (χ0v) is 11.4. The molecule has 4 nitrogen and oxygen atoms in total. The topological polar surface area (TPSA) is 68.0 Å². The molecule has 0 spiro atoms. The number of nitrogens with two attached hydrogens (primary N) is 1. The largest absolute Gasteiger partial charge is 0.383 e. The predicted molar refractivity (Wildman–Crippen MR) is 75.5 cm³/mol. The lowest BCUT2D eigenvalue weighted by molar-refractivity contribution is 0.102. The fourth-order valence-electron chi connectivity index (χ4n) is 1.53. The zero-order chi connectivity index (χ0) is 13.1. The summed E-state index contributed by atoms with van der Waals surface area (Å²) in [6, 6.07) is 8.91. The Kier molecular flexibility index (Phi) is 3.62. The summed E-state index contributed by atoms with van der Waals surface area (Å²) in [7, 11) is 0. The van der Waals surface area contributed by atoms with Crippen molar-refractivity contribution in [3.63, 3.8) is 0 Å². The van der Waals surface area contributed by atoms with Gasteiger partial charge in [0.25, 0.3) is 5.91 Å². The quantitative estimate of drug-likeness (QED) is 0.896. The first kappa shape index (κ1) is 12.6. The highest BCUT2D eigenvalue weighted by molar-refractivity contribution is 9.10. The Bertz CT molecular complexity index is 599. The Balaban J connectivity index is 2.22. The number of aromatic nitrogens is 1. The number of carbonyl (C=O) groups is 1. The van der Waals surface area contributed by atoms with Crippen LogP contribution in [0.1, 0.15) is 15.9 Å². The van der Waals surface area contributed by atoms with Gasteiger partial charge in [-0.05, 0) is 42.8 Å². The molecule has 5 heteroatoms. The van der Waals surface area contributed by atoms with Gasteiger partial charge in [0.2, 0.25) is 0 Å². The lowest BCUT2D eigenvalue weighted by Crippen LogP contribution is -2.14. The molecule has 0 fully saturated rings. The van der Waals surface area contributed by atoms with Crippen LogP contribution in [0.5, 0.6) is 0 Å². The van der Waals surface area contributed by atoms with Gasteiger partial charge in [0.05, 0.1) is 5.56 Å². The molecular formula is C13H12BrN3O. The average molecular weight is 306 g/mol. The number of halogens is 1. The molecule has 2 aromatic rings. The van der Waals surface area contributed by atoms with Crippen molar-refractivity contribution < 1.29 is 4.79 Å². The summed E-state index contributed by atoms with van der Waals surface area (Å²) >= 11 is 3.41. The van der Waals surface area contributed by atoms with E-state index < -0.39 is 0 Å². The van der Waals surface area contributed by atoms with Crippen molar-refractivity contribution >= 4 is 33.3 Å². The number of nitrogens with one attached hydrogen (secondary N) is 1. The van der Waals surface area contributed by atoms with E-state index in [1.54, 1.807) is 18.3 Å². The van der Waals surface area contributed by atoms with Crippen molar-refractivity contribution in [1.29, 1.82) is 0 Å². The third kappa shape index (κ3) is 2.68. The number of amides is 1. The second kappa shape index (κ2) is 5.18. The van der Waals surface area contributed by atoms with Gasteiger partial charge >= 0.3 is 0 Å². The van der Waals surface area contributed by atoms with Crippen LogP contribution >= 0.6 is 15.9 Å². The van der Waals surface area contributed by atoms with Gasteiger partial charge in [-0.25, -0.2) is 4.98 Å². The molecule has 1 aromatic carbocycles. The van der Waals surface area contributed by atoms with Crippen LogP contribution in [0.2, 0.25) is 0 Å². The molecule has 2 rings (SSSR count). The number of aryl methyl sites for hydroxylation is 1. The number of hydrogen-bond donors (Lipinski definition) is 2. The molecular weight excluding hydrogens is 294 g/mol. The van der Waals surface area contributed by atoms with Crippen LogP contribution in [0.15, 0.2) is 41.0 Å². The van der Waals surface area contributed by atoms with Crippen molar-refractivity contribution in [1.82, 2.24) is 4.98 Å². The molecule has 0 unspecified atom stereocenters. The molecule has 0 radical (unpaired) electrons. The molecule has 1 aromatic heterocycles. The molecule has 92 valence electrons. The van der Waals surface area contributed by atoms with Crippen molar-refractivity contribution in [2.45, 2.75) is 6.92 Å². The number of nitrogens with zero attached hydrogens (tertiary/aromatic N) is 1. The maximum absolute atomic E-state index is 12.0. The first-order chi connectivity index (χ1) is 8.58. The van der Waals surface area contributed by atoms with E-state index in [-0.39, 0.29) is 11.7 Å². The highest BCUT2D eigenvalue weighted by Gasteiger charge is 2.10. The lowest BCUT2D eigenvalue weighted by atomic mass is 10.2. The summed E-state index contributed by atoms with van der Waals surface area (Å²) in [4.78, 5) is 15.9. The minimum absolute atomic E-state index is 0.226. The minimum Gasteiger partial charge on any atom is -0.383 e. The number of carbonyl (C=O) groups excluding carboxylic acids is 1. The van der Waals surface area contributed by atoms with Gasteiger partial charge in [-0.1, -0.05) is 15.9 Å². The fourth-order valence-corrected chi connectivity index (χ4v) is 1.78. The van der Waals surface area contributed by atoms with Crippen molar-refractivity contribution in [2.75, 3.05) is 11.1 Å². The van der Waals surface area contributed by atoms with Crippen molar-refractivity contribution in [3.05, 3.63) is 52.1 Å². The zero-order valence-electron chi connectivity index (χ0n) is 9.77. The Hall–Kier alpha value is -1.88. The number of benzene rings is 1. The maximum atomic E-state index is 12.0. The van der Waals surface area contributed by atoms with Crippen LogP contribution in [0.25, 0.3) is 0 Å². The monoisotopic (exact) mass is 305 g/mol. The fraction of sp³-hybridized carbons (Fsp3) is 0.0769. The molecule has 1 heterocycles. The van der Waals surface area contributed by atoms with Crippen LogP contribution in [-0.2, 0) is 0 Å². The van der Waals surface area contributed by atoms with E-state index in [1.807, 2.05) is 25.1 Å². The van der Waals surface area contributed by atoms with E-state index in [0.717, 1.165) is 15.7 Å². The predicted octanol–water partition coefficient (Wildman–Crippen LogP) is 2.99. The summed E-state index contributed by atoms with van der Waals surface area (Å²) in [6.07, 6.45) is 1.55. The summed E-state index contributed by atoms with van der Waals surface area (Å²) < 4.78 is 1.00. The maximum Gasteiger partial charge on any atom is 0.259 e. The van der Waals surface area contributed by atoms with Crippen LogP contribution in [0, 0.1) is 6.92 Å². The van der Waals surface area contributed by atoms with E-state index in [9.17, 15) is 4.79 Å². The molecule has 18 heavy (non-hydrogen) atoms. The van der Waals surface area contributed by atoms with Crippen molar-refractivity contribution in [2.24, 2.45) is 0 Å². The van der Waals surface area contributed by atoms with E-state index in [1.165, 1.54) is 0 Å². The van der Waals surface area contributed by atoms with Gasteiger partial charge in [-0.3, -0.25) is 4.79 Å². The molecule has 0 aliphatic heterocycles. The number of hydrogen-bond acceptors (Lipinski definition) is 3. The standard InChI is InChI=1S/C13H12BrN3O/c1-8-7-9(4-5-11(8)14)17-13(18)10-3-2-6-16-12(10)15/h2-7H,1H3,(H2,15,16)(H,17,18). The highest BCUT2D eigenvalue weighted by atomic mass is 79.9. The second-order valence-corrected chi connectivity index (χ2v) is 4.71. The summed E-state index contributed by atoms with van der Waals surface area (Å²) in [5.74, 6) is -0.0360. The number of rotatable bonds is 2. The Labute approximate surface area is 113 Å². The van der Waals surface area contributed by atoms with Gasteiger partial charge in [0.15, 0.2) is 0 Å². The van der Waals surface area contributed by atoms with Gasteiger partial charge in [-0.2, -0.15) is 0 Å². The van der Waals surface area contributed by atoms with Gasteiger partial charge in [0.1, 0.15) is 5.82 Å². The normalized spacial score (nSPS) is 10.1. The number of nitrogen functional groups attached to an aromatic ring is 1. The third-order valence-corrected chi connectivity index (χ3v) is 3.39. The van der Waals surface area contributed by atoms with E-state index in [4.69, 9.17) is 5.73 Å². The van der Waals surface area contributed by atoms with Crippen molar-refractivity contribution in [3.8, 4) is 0 Å². The SMILES string of the molecule is Cc1cc(NC(=O)c2cccnc2N)ccc1Br. The molecule has 1 amide bonds. The molecule has 0 bridgehead atoms. The summed E-state index contributed by atoms with van der Waals surface area (Å²) in [5, 5.41) is 2.79. The van der Waals surface area contributed by atoms with E-state index >= 15 is 0 Å². The van der Waals surface area contributed by atoms with Gasteiger partial charge in [0, 0.05) is 16.4 Å². The summed E-state index contributed by atoms with van der Waals surface area (Å²) in [5.41, 5.74) is 7.80. The smallest absolute Gasteiger partial charge is 0.259 e. The van der Waals surface area contributed by atoms with Crippen LogP contribution in [0.4, 0.5) is 11.5 Å². The third-order valence-electron chi connectivity index (χ3n) is 2.50. The second-order valence-electron chi connectivity index (χ2n) is 3.85.